The fourth-order valence-corrected chi connectivity index (χ4v) is 5.04. The topological polar surface area (TPSA) is 86.8 Å². The molecule has 0 saturated carbocycles. The smallest absolute Gasteiger partial charge is 0.244 e. The number of nitrogens with zero attached hydrogens (tertiary/aromatic N) is 2. The van der Waals surface area contributed by atoms with Gasteiger partial charge in [-0.15, -0.1) is 0 Å². The van der Waals surface area contributed by atoms with Crippen LogP contribution in [0, 0.1) is 12.7 Å². The van der Waals surface area contributed by atoms with Crippen molar-refractivity contribution in [1.29, 1.82) is 0 Å². The van der Waals surface area contributed by atoms with Gasteiger partial charge in [-0.2, -0.15) is 0 Å². The fraction of sp³-hybridized carbons (Fsp3) is 0.333. The third-order valence-corrected chi connectivity index (χ3v) is 7.49. The molecule has 0 bridgehead atoms. The summed E-state index contributed by atoms with van der Waals surface area (Å²) >= 11 is 0. The van der Waals surface area contributed by atoms with E-state index in [-0.39, 0.29) is 24.6 Å². The van der Waals surface area contributed by atoms with Gasteiger partial charge in [0.1, 0.15) is 18.4 Å². The molecule has 0 aliphatic carbocycles. The van der Waals surface area contributed by atoms with Gasteiger partial charge < -0.3 is 10.2 Å². The molecule has 0 heterocycles. The Morgan fingerprint density at radius 1 is 0.949 bits per heavy atom. The van der Waals surface area contributed by atoms with Crippen molar-refractivity contribution in [2.75, 3.05) is 23.7 Å². The third-order valence-electron chi connectivity index (χ3n) is 6.35. The van der Waals surface area contributed by atoms with Crippen molar-refractivity contribution in [1.82, 2.24) is 10.2 Å². The molecule has 0 aliphatic heterocycles. The Labute approximate surface area is 230 Å². The van der Waals surface area contributed by atoms with Crippen molar-refractivity contribution < 1.29 is 22.4 Å². The van der Waals surface area contributed by atoms with Crippen LogP contribution < -0.4 is 9.62 Å². The highest BCUT2D eigenvalue weighted by molar-refractivity contribution is 7.92. The Morgan fingerprint density at radius 3 is 2.26 bits per heavy atom. The summed E-state index contributed by atoms with van der Waals surface area (Å²) < 4.78 is 40.3. The molecule has 9 heteroatoms. The first-order chi connectivity index (χ1) is 18.6. The van der Waals surface area contributed by atoms with Gasteiger partial charge in [0, 0.05) is 19.5 Å². The van der Waals surface area contributed by atoms with Gasteiger partial charge in [-0.1, -0.05) is 79.6 Å². The van der Waals surface area contributed by atoms with E-state index in [9.17, 15) is 22.4 Å². The molecule has 0 fully saturated rings. The lowest BCUT2D eigenvalue weighted by molar-refractivity contribution is -0.140. The van der Waals surface area contributed by atoms with Gasteiger partial charge in [-0.3, -0.25) is 13.9 Å². The summed E-state index contributed by atoms with van der Waals surface area (Å²) in [4.78, 5) is 28.9. The van der Waals surface area contributed by atoms with E-state index in [1.165, 1.54) is 23.1 Å². The highest BCUT2D eigenvalue weighted by Crippen LogP contribution is 2.21. The molecular weight excluding hydrogens is 517 g/mol. The zero-order valence-corrected chi connectivity index (χ0v) is 23.5. The van der Waals surface area contributed by atoms with Crippen LogP contribution in [-0.2, 0) is 32.6 Å². The predicted molar refractivity (Wildman–Crippen MR) is 152 cm³/mol. The second kappa shape index (κ2) is 13.9. The van der Waals surface area contributed by atoms with Gasteiger partial charge >= 0.3 is 0 Å². The number of anilines is 1. The van der Waals surface area contributed by atoms with Crippen LogP contribution in [0.5, 0.6) is 0 Å². The van der Waals surface area contributed by atoms with Crippen LogP contribution in [0.1, 0.15) is 36.5 Å². The Bertz CT molecular complexity index is 1350. The monoisotopic (exact) mass is 553 g/mol. The SMILES string of the molecule is CCCCNC(=O)[C@@H](Cc1ccccc1)N(Cc1ccc(C)cc1)C(=O)CN(c1cccc(F)c1)S(C)(=O)=O. The number of aryl methyl sites for hydroxylation is 1. The minimum Gasteiger partial charge on any atom is -0.354 e. The standard InChI is InChI=1S/C30H36FN3O4S/c1-4-5-18-32-30(36)28(19-24-10-7-6-8-11-24)33(21-25-16-14-23(2)15-17-25)29(35)22-34(39(3,37)38)27-13-9-12-26(31)20-27/h6-17,20,28H,4-5,18-19,21-22H2,1-3H3,(H,32,36)/t28-/m1/s1. The summed E-state index contributed by atoms with van der Waals surface area (Å²) in [6, 6.07) is 21.2. The number of benzene rings is 3. The average Bonchev–Trinajstić information content (AvgIpc) is 2.90. The second-order valence-corrected chi connectivity index (χ2v) is 11.5. The zero-order chi connectivity index (χ0) is 28.4. The quantitative estimate of drug-likeness (QED) is 0.317. The first-order valence-electron chi connectivity index (χ1n) is 13.0. The average molecular weight is 554 g/mol. The molecule has 7 nitrogen and oxygen atoms in total. The van der Waals surface area contributed by atoms with E-state index >= 15 is 0 Å². The van der Waals surface area contributed by atoms with Crippen molar-refractivity contribution in [3.8, 4) is 0 Å². The summed E-state index contributed by atoms with van der Waals surface area (Å²) in [5.74, 6) is -1.51. The second-order valence-electron chi connectivity index (χ2n) is 9.61. The van der Waals surface area contributed by atoms with E-state index in [1.54, 1.807) is 0 Å². The number of amides is 2. The molecule has 1 atom stereocenters. The third kappa shape index (κ3) is 8.92. The lowest BCUT2D eigenvalue weighted by atomic mass is 10.0. The number of sulfonamides is 1. The number of rotatable bonds is 13. The van der Waals surface area contributed by atoms with Crippen molar-refractivity contribution >= 4 is 27.5 Å². The van der Waals surface area contributed by atoms with E-state index < -0.39 is 34.3 Å². The van der Waals surface area contributed by atoms with E-state index in [2.05, 4.69) is 5.32 Å². The number of unbranched alkanes of at least 4 members (excludes halogenated alkanes) is 1. The van der Waals surface area contributed by atoms with E-state index in [0.29, 0.717) is 6.54 Å². The molecular formula is C30H36FN3O4S. The highest BCUT2D eigenvalue weighted by Gasteiger charge is 2.33. The van der Waals surface area contributed by atoms with Crippen LogP contribution in [0.15, 0.2) is 78.9 Å². The minimum absolute atomic E-state index is 0.0353. The lowest BCUT2D eigenvalue weighted by Crippen LogP contribution is -2.53. The molecule has 2 amide bonds. The normalized spacial score (nSPS) is 12.0. The molecule has 0 unspecified atom stereocenters. The van der Waals surface area contributed by atoms with Crippen LogP contribution in [0.25, 0.3) is 0 Å². The summed E-state index contributed by atoms with van der Waals surface area (Å²) in [7, 11) is -3.95. The molecule has 0 saturated heterocycles. The number of hydrogen-bond donors (Lipinski definition) is 1. The van der Waals surface area contributed by atoms with Crippen LogP contribution >= 0.6 is 0 Å². The van der Waals surface area contributed by atoms with Gasteiger partial charge in [0.25, 0.3) is 0 Å². The maximum atomic E-state index is 14.0. The molecule has 3 aromatic rings. The maximum Gasteiger partial charge on any atom is 0.244 e. The van der Waals surface area contributed by atoms with Gasteiger partial charge in [0.05, 0.1) is 11.9 Å². The number of hydrogen-bond acceptors (Lipinski definition) is 4. The van der Waals surface area contributed by atoms with Crippen molar-refractivity contribution in [3.63, 3.8) is 0 Å². The fourth-order valence-electron chi connectivity index (χ4n) is 4.20. The van der Waals surface area contributed by atoms with Gasteiger partial charge in [0.15, 0.2) is 0 Å². The molecule has 0 spiro atoms. The minimum atomic E-state index is -3.95. The van der Waals surface area contributed by atoms with Crippen molar-refractivity contribution in [2.24, 2.45) is 0 Å². The molecule has 208 valence electrons. The van der Waals surface area contributed by atoms with Crippen LogP contribution in [0.4, 0.5) is 10.1 Å². The molecule has 0 radical (unpaired) electrons. The zero-order valence-electron chi connectivity index (χ0n) is 22.6. The number of nitrogens with one attached hydrogen (secondary N) is 1. The van der Waals surface area contributed by atoms with E-state index in [1.807, 2.05) is 68.4 Å². The summed E-state index contributed by atoms with van der Waals surface area (Å²) in [6.07, 6.45) is 2.90. The van der Waals surface area contributed by atoms with Gasteiger partial charge in [0.2, 0.25) is 21.8 Å². The summed E-state index contributed by atoms with van der Waals surface area (Å²) in [5, 5.41) is 2.94. The maximum absolute atomic E-state index is 14.0. The van der Waals surface area contributed by atoms with Crippen LogP contribution in [-0.4, -0.2) is 50.5 Å². The van der Waals surface area contributed by atoms with Crippen molar-refractivity contribution in [2.45, 2.75) is 45.7 Å². The number of halogens is 1. The molecule has 1 N–H and O–H groups in total. The Balaban J connectivity index is 2.02. The predicted octanol–water partition coefficient (Wildman–Crippen LogP) is 4.46. The first kappa shape index (κ1) is 29.8. The summed E-state index contributed by atoms with van der Waals surface area (Å²) in [6.45, 7) is 3.95. The lowest BCUT2D eigenvalue weighted by Gasteiger charge is -2.33. The molecule has 3 aromatic carbocycles. The molecule has 39 heavy (non-hydrogen) atoms. The van der Waals surface area contributed by atoms with Gasteiger partial charge in [-0.25, -0.2) is 12.8 Å². The van der Waals surface area contributed by atoms with Crippen molar-refractivity contribution in [3.05, 3.63) is 101 Å². The van der Waals surface area contributed by atoms with Gasteiger partial charge in [-0.05, 0) is 42.7 Å². The van der Waals surface area contributed by atoms with Crippen LogP contribution in [0.3, 0.4) is 0 Å². The first-order valence-corrected chi connectivity index (χ1v) is 14.8. The summed E-state index contributed by atoms with van der Waals surface area (Å²) in [5.41, 5.74) is 2.74. The largest absolute Gasteiger partial charge is 0.354 e. The number of carbonyl (C=O) groups excluding carboxylic acids is 2. The van der Waals surface area contributed by atoms with E-state index in [0.717, 1.165) is 46.2 Å². The highest BCUT2D eigenvalue weighted by atomic mass is 32.2. The Hall–Kier alpha value is -3.72. The van der Waals surface area contributed by atoms with Crippen LogP contribution in [0.2, 0.25) is 0 Å². The molecule has 3 rings (SSSR count). The molecule has 0 aliphatic rings. The molecule has 0 aromatic heterocycles. The Morgan fingerprint density at radius 2 is 1.64 bits per heavy atom. The van der Waals surface area contributed by atoms with E-state index in [4.69, 9.17) is 0 Å². The Kier molecular flexibility index (Phi) is 10.6. The number of carbonyl (C=O) groups is 2.